The van der Waals surface area contributed by atoms with E-state index in [0.717, 1.165) is 43.2 Å². The number of sulfonamides is 1. The van der Waals surface area contributed by atoms with E-state index in [4.69, 9.17) is 0 Å². The SMILES string of the molecule is O=S(=O)(c1cn(Cc2ccccc2)nc1-c1ccccc1)N(CCO)C1CCCCC1. The van der Waals surface area contributed by atoms with Crippen molar-refractivity contribution in [2.45, 2.75) is 49.6 Å². The first-order valence-corrected chi connectivity index (χ1v) is 12.3. The molecule has 4 rings (SSSR count). The number of hydrogen-bond acceptors (Lipinski definition) is 4. The second-order valence-corrected chi connectivity index (χ2v) is 9.88. The van der Waals surface area contributed by atoms with Crippen LogP contribution in [0.4, 0.5) is 0 Å². The Morgan fingerprint density at radius 1 is 0.968 bits per heavy atom. The zero-order valence-electron chi connectivity index (χ0n) is 17.6. The van der Waals surface area contributed by atoms with Gasteiger partial charge in [0.1, 0.15) is 10.6 Å². The molecule has 164 valence electrons. The van der Waals surface area contributed by atoms with Crippen LogP contribution in [-0.2, 0) is 16.6 Å². The molecule has 0 unspecified atom stereocenters. The Morgan fingerprint density at radius 3 is 2.26 bits per heavy atom. The lowest BCUT2D eigenvalue weighted by molar-refractivity contribution is 0.199. The molecular formula is C24H29N3O3S. The van der Waals surface area contributed by atoms with E-state index in [1.54, 1.807) is 10.9 Å². The zero-order chi connectivity index (χ0) is 21.7. The summed E-state index contributed by atoms with van der Waals surface area (Å²) < 4.78 is 30.9. The lowest BCUT2D eigenvalue weighted by Gasteiger charge is -2.32. The molecule has 1 aromatic heterocycles. The van der Waals surface area contributed by atoms with Crippen LogP contribution >= 0.6 is 0 Å². The fraction of sp³-hybridized carbons (Fsp3) is 0.375. The van der Waals surface area contributed by atoms with Gasteiger partial charge in [0.05, 0.1) is 13.2 Å². The molecule has 7 heteroatoms. The second-order valence-electron chi connectivity index (χ2n) is 8.02. The lowest BCUT2D eigenvalue weighted by Crippen LogP contribution is -2.43. The first-order valence-electron chi connectivity index (χ1n) is 10.9. The third kappa shape index (κ3) is 4.89. The number of aliphatic hydroxyl groups excluding tert-OH is 1. The Hall–Kier alpha value is -2.48. The maximum atomic E-state index is 13.8. The topological polar surface area (TPSA) is 75.4 Å². The summed E-state index contributed by atoms with van der Waals surface area (Å²) in [6, 6.07) is 19.2. The maximum absolute atomic E-state index is 13.8. The predicted molar refractivity (Wildman–Crippen MR) is 121 cm³/mol. The van der Waals surface area contributed by atoms with Crippen LogP contribution in [0, 0.1) is 0 Å². The molecule has 31 heavy (non-hydrogen) atoms. The van der Waals surface area contributed by atoms with Gasteiger partial charge >= 0.3 is 0 Å². The molecule has 0 aliphatic heterocycles. The highest BCUT2D eigenvalue weighted by atomic mass is 32.2. The van der Waals surface area contributed by atoms with E-state index in [2.05, 4.69) is 5.10 Å². The molecule has 3 aromatic rings. The third-order valence-electron chi connectivity index (χ3n) is 5.85. The van der Waals surface area contributed by atoms with Crippen LogP contribution in [0.1, 0.15) is 37.7 Å². The van der Waals surface area contributed by atoms with Gasteiger partial charge in [-0.15, -0.1) is 0 Å². The molecule has 0 amide bonds. The number of aliphatic hydroxyl groups is 1. The van der Waals surface area contributed by atoms with Crippen LogP contribution < -0.4 is 0 Å². The van der Waals surface area contributed by atoms with Crippen molar-refractivity contribution >= 4 is 10.0 Å². The van der Waals surface area contributed by atoms with E-state index < -0.39 is 10.0 Å². The monoisotopic (exact) mass is 439 g/mol. The Bertz CT molecular complexity index is 1080. The van der Waals surface area contributed by atoms with Crippen LogP contribution in [0.2, 0.25) is 0 Å². The lowest BCUT2D eigenvalue weighted by atomic mass is 9.95. The number of hydrogen-bond donors (Lipinski definition) is 1. The van der Waals surface area contributed by atoms with E-state index >= 15 is 0 Å². The summed E-state index contributed by atoms with van der Waals surface area (Å²) in [5, 5.41) is 14.3. The van der Waals surface area contributed by atoms with Gasteiger partial charge in [-0.2, -0.15) is 9.40 Å². The maximum Gasteiger partial charge on any atom is 0.247 e. The molecule has 0 atom stereocenters. The first-order chi connectivity index (χ1) is 15.1. The molecule has 0 radical (unpaired) electrons. The summed E-state index contributed by atoms with van der Waals surface area (Å²) in [6.07, 6.45) is 6.46. The van der Waals surface area contributed by atoms with Crippen molar-refractivity contribution in [2.24, 2.45) is 0 Å². The molecule has 6 nitrogen and oxygen atoms in total. The molecule has 1 N–H and O–H groups in total. The van der Waals surface area contributed by atoms with Gasteiger partial charge in [-0.05, 0) is 18.4 Å². The standard InChI is InChI=1S/C24H29N3O3S/c28-17-16-27(22-14-8-3-9-15-22)31(29,30)23-19-26(18-20-10-4-1-5-11-20)25-24(23)21-12-6-2-7-13-21/h1-2,4-7,10-13,19,22,28H,3,8-9,14-18H2. The molecule has 2 aromatic carbocycles. The summed E-state index contributed by atoms with van der Waals surface area (Å²) in [6.45, 7) is 0.388. The number of rotatable bonds is 8. The van der Waals surface area contributed by atoms with Gasteiger partial charge in [0, 0.05) is 24.3 Å². The van der Waals surface area contributed by atoms with Gasteiger partial charge in [0.25, 0.3) is 0 Å². The summed E-state index contributed by atoms with van der Waals surface area (Å²) >= 11 is 0. The van der Waals surface area contributed by atoms with Gasteiger partial charge in [-0.3, -0.25) is 4.68 Å². The second kappa shape index (κ2) is 9.77. The van der Waals surface area contributed by atoms with Crippen molar-refractivity contribution in [1.29, 1.82) is 0 Å². The van der Waals surface area contributed by atoms with Crippen molar-refractivity contribution in [2.75, 3.05) is 13.2 Å². The predicted octanol–water partition coefficient (Wildman–Crippen LogP) is 3.91. The van der Waals surface area contributed by atoms with Gasteiger partial charge in [0.2, 0.25) is 10.0 Å². The molecule has 0 saturated heterocycles. The molecule has 1 aliphatic carbocycles. The molecule has 0 spiro atoms. The third-order valence-corrected chi connectivity index (χ3v) is 7.80. The molecule has 1 saturated carbocycles. The number of aromatic nitrogens is 2. The van der Waals surface area contributed by atoms with E-state index in [0.29, 0.717) is 12.2 Å². The van der Waals surface area contributed by atoms with Crippen LogP contribution in [0.25, 0.3) is 11.3 Å². The fourth-order valence-corrected chi connectivity index (χ4v) is 6.17. The normalized spacial score (nSPS) is 15.4. The minimum absolute atomic E-state index is 0.0769. The van der Waals surface area contributed by atoms with Gasteiger partial charge < -0.3 is 5.11 Å². The Balaban J connectivity index is 1.77. The van der Waals surface area contributed by atoms with Gasteiger partial charge in [0.15, 0.2) is 0 Å². The molecule has 1 heterocycles. The largest absolute Gasteiger partial charge is 0.395 e. The highest BCUT2D eigenvalue weighted by Gasteiger charge is 2.35. The molecular weight excluding hydrogens is 410 g/mol. The summed E-state index contributed by atoms with van der Waals surface area (Å²) in [5.41, 5.74) is 2.27. The van der Waals surface area contributed by atoms with Crippen molar-refractivity contribution in [3.05, 3.63) is 72.4 Å². The first kappa shape index (κ1) is 21.7. The minimum Gasteiger partial charge on any atom is -0.395 e. The number of nitrogens with zero attached hydrogens (tertiary/aromatic N) is 3. The zero-order valence-corrected chi connectivity index (χ0v) is 18.4. The van der Waals surface area contributed by atoms with E-state index in [-0.39, 0.29) is 24.1 Å². The van der Waals surface area contributed by atoms with Crippen molar-refractivity contribution in [3.63, 3.8) is 0 Å². The van der Waals surface area contributed by atoms with Crippen molar-refractivity contribution < 1.29 is 13.5 Å². The average molecular weight is 440 g/mol. The molecule has 1 fully saturated rings. The number of benzene rings is 2. The van der Waals surface area contributed by atoms with E-state index in [9.17, 15) is 13.5 Å². The van der Waals surface area contributed by atoms with E-state index in [1.807, 2.05) is 60.7 Å². The summed E-state index contributed by atoms with van der Waals surface area (Å²) in [5.74, 6) is 0. The molecule has 1 aliphatic rings. The van der Waals surface area contributed by atoms with Crippen LogP contribution in [0.3, 0.4) is 0 Å². The van der Waals surface area contributed by atoms with Crippen LogP contribution in [0.15, 0.2) is 71.8 Å². The highest BCUT2D eigenvalue weighted by molar-refractivity contribution is 7.89. The molecule has 0 bridgehead atoms. The quantitative estimate of drug-likeness (QED) is 0.577. The summed E-state index contributed by atoms with van der Waals surface area (Å²) in [7, 11) is -3.82. The summed E-state index contributed by atoms with van der Waals surface area (Å²) in [4.78, 5) is 0.202. The smallest absolute Gasteiger partial charge is 0.247 e. The van der Waals surface area contributed by atoms with Gasteiger partial charge in [-0.25, -0.2) is 8.42 Å². The van der Waals surface area contributed by atoms with E-state index in [1.165, 1.54) is 4.31 Å². The fourth-order valence-electron chi connectivity index (χ4n) is 4.33. The van der Waals surface area contributed by atoms with Crippen molar-refractivity contribution in [3.8, 4) is 11.3 Å². The Labute approximate surface area is 184 Å². The van der Waals surface area contributed by atoms with Crippen LogP contribution in [-0.4, -0.2) is 46.8 Å². The Morgan fingerprint density at radius 2 is 1.61 bits per heavy atom. The van der Waals surface area contributed by atoms with Crippen LogP contribution in [0.5, 0.6) is 0 Å². The average Bonchev–Trinajstić information content (AvgIpc) is 3.24. The minimum atomic E-state index is -3.82. The highest BCUT2D eigenvalue weighted by Crippen LogP contribution is 2.32. The van der Waals surface area contributed by atoms with Crippen molar-refractivity contribution in [1.82, 2.24) is 14.1 Å². The van der Waals surface area contributed by atoms with Gasteiger partial charge in [-0.1, -0.05) is 79.9 Å². The Kier molecular flexibility index (Phi) is 6.85.